The molecule has 0 aliphatic carbocycles. The summed E-state index contributed by atoms with van der Waals surface area (Å²) in [6.07, 6.45) is -0.432. The molecule has 2 heterocycles. The van der Waals surface area contributed by atoms with Crippen molar-refractivity contribution in [2.75, 3.05) is 13.6 Å². The molecule has 2 atom stereocenters. The van der Waals surface area contributed by atoms with Crippen LogP contribution in [0.15, 0.2) is 97.1 Å². The van der Waals surface area contributed by atoms with Crippen LogP contribution in [0.25, 0.3) is 10.8 Å². The van der Waals surface area contributed by atoms with Crippen molar-refractivity contribution in [1.82, 2.24) is 25.1 Å². The van der Waals surface area contributed by atoms with Crippen molar-refractivity contribution in [3.63, 3.8) is 0 Å². The fourth-order valence-electron chi connectivity index (χ4n) is 5.77. The zero-order chi connectivity index (χ0) is 28.5. The second-order valence-corrected chi connectivity index (χ2v) is 10.4. The minimum atomic E-state index is -0.824. The number of urea groups is 2. The molecule has 0 aromatic heterocycles. The number of amides is 5. The van der Waals surface area contributed by atoms with Crippen molar-refractivity contribution in [2.45, 2.75) is 31.7 Å². The molecule has 2 aliphatic rings. The molecular formula is C32H31N5O4. The Hall–Kier alpha value is -5.05. The van der Waals surface area contributed by atoms with Crippen molar-refractivity contribution in [1.29, 1.82) is 0 Å². The number of hydrazine groups is 1. The second kappa shape index (κ2) is 10.8. The lowest BCUT2D eigenvalue weighted by Gasteiger charge is -2.43. The van der Waals surface area contributed by atoms with Gasteiger partial charge in [0.25, 0.3) is 0 Å². The molecule has 4 aromatic carbocycles. The summed E-state index contributed by atoms with van der Waals surface area (Å²) in [5.41, 5.74) is 2.73. The van der Waals surface area contributed by atoms with Gasteiger partial charge in [-0.1, -0.05) is 84.9 Å². The third-order valence-electron chi connectivity index (χ3n) is 7.84. The number of phenolic OH excluding ortho intramolecular Hbond substituents is 1. The predicted octanol–water partition coefficient (Wildman–Crippen LogP) is 4.32. The largest absolute Gasteiger partial charge is 0.508 e. The lowest BCUT2D eigenvalue weighted by Crippen LogP contribution is -2.64. The Kier molecular flexibility index (Phi) is 6.93. The second-order valence-electron chi connectivity index (χ2n) is 10.4. The summed E-state index contributed by atoms with van der Waals surface area (Å²) in [6, 6.07) is 28.6. The first kappa shape index (κ1) is 26.2. The third kappa shape index (κ3) is 5.02. The number of nitrogens with one attached hydrogen (secondary N) is 1. The van der Waals surface area contributed by atoms with Crippen LogP contribution in [0, 0.1) is 0 Å². The predicted molar refractivity (Wildman–Crippen MR) is 154 cm³/mol. The van der Waals surface area contributed by atoms with E-state index >= 15 is 0 Å². The number of fused-ring (bicyclic) bond motifs is 2. The first-order chi connectivity index (χ1) is 19.9. The van der Waals surface area contributed by atoms with Crippen LogP contribution in [-0.2, 0) is 24.3 Å². The molecule has 2 saturated heterocycles. The van der Waals surface area contributed by atoms with E-state index in [4.69, 9.17) is 0 Å². The molecule has 0 spiro atoms. The van der Waals surface area contributed by atoms with E-state index in [2.05, 4.69) is 5.32 Å². The number of carbonyl (C=O) groups excluding carboxylic acids is 3. The molecule has 5 amide bonds. The van der Waals surface area contributed by atoms with E-state index < -0.39 is 24.3 Å². The Balaban J connectivity index is 1.33. The highest BCUT2D eigenvalue weighted by molar-refractivity contribution is 5.92. The molecule has 0 bridgehead atoms. The minimum Gasteiger partial charge on any atom is -0.508 e. The van der Waals surface area contributed by atoms with Gasteiger partial charge in [-0.2, -0.15) is 0 Å². The van der Waals surface area contributed by atoms with Crippen LogP contribution in [0.1, 0.15) is 16.7 Å². The van der Waals surface area contributed by atoms with Crippen molar-refractivity contribution < 1.29 is 19.5 Å². The quantitative estimate of drug-likeness (QED) is 0.375. The fraction of sp³-hybridized carbons (Fsp3) is 0.219. The first-order valence-electron chi connectivity index (χ1n) is 13.6. The average molecular weight is 550 g/mol. The molecule has 2 aliphatic heterocycles. The minimum absolute atomic E-state index is 0.123. The van der Waals surface area contributed by atoms with Gasteiger partial charge in [-0.15, -0.1) is 0 Å². The van der Waals surface area contributed by atoms with E-state index in [1.165, 1.54) is 14.9 Å². The number of hydrogen-bond acceptors (Lipinski definition) is 4. The molecule has 9 heteroatoms. The van der Waals surface area contributed by atoms with Crippen LogP contribution in [0.2, 0.25) is 0 Å². The monoisotopic (exact) mass is 549 g/mol. The number of phenols is 1. The summed E-state index contributed by atoms with van der Waals surface area (Å²) >= 11 is 0. The topological polar surface area (TPSA) is 96.4 Å². The number of nitrogens with zero attached hydrogens (tertiary/aromatic N) is 4. The summed E-state index contributed by atoms with van der Waals surface area (Å²) in [4.78, 5) is 44.4. The first-order valence-corrected chi connectivity index (χ1v) is 13.6. The Labute approximate surface area is 238 Å². The van der Waals surface area contributed by atoms with Crippen LogP contribution in [-0.4, -0.2) is 68.7 Å². The number of hydrogen-bond donors (Lipinski definition) is 2. The summed E-state index contributed by atoms with van der Waals surface area (Å²) in [7, 11) is 1.56. The highest BCUT2D eigenvalue weighted by Crippen LogP contribution is 2.32. The fourth-order valence-corrected chi connectivity index (χ4v) is 5.77. The van der Waals surface area contributed by atoms with Crippen LogP contribution < -0.4 is 5.32 Å². The standard InChI is InChI=1S/C32H31N5O4/c1-34-32(41)36-28(18-22-14-16-26(38)17-15-22)30(39)35(20-25-12-7-11-24-10-5-6-13-27(24)25)21-29(36)37(34)31(40)33-19-23-8-3-2-4-9-23/h2-17,28-29,38H,18-21H2,1H3,(H,33,40). The molecule has 2 fully saturated rings. The number of carbonyl (C=O) groups is 3. The van der Waals surface area contributed by atoms with E-state index in [-0.39, 0.29) is 24.6 Å². The molecular weight excluding hydrogens is 518 g/mol. The van der Waals surface area contributed by atoms with Gasteiger partial charge in [0.2, 0.25) is 5.91 Å². The van der Waals surface area contributed by atoms with Gasteiger partial charge in [0.1, 0.15) is 18.0 Å². The van der Waals surface area contributed by atoms with Gasteiger partial charge in [-0.3, -0.25) is 9.69 Å². The van der Waals surface area contributed by atoms with E-state index in [0.717, 1.165) is 27.5 Å². The summed E-state index contributed by atoms with van der Waals surface area (Å²) in [5, 5.41) is 17.5. The Morgan fingerprint density at radius 1 is 0.878 bits per heavy atom. The SMILES string of the molecule is CN1C(=O)N2C(Cc3ccc(O)cc3)C(=O)N(Cc3cccc4ccccc34)CC2N1C(=O)NCc1ccccc1. The number of aromatic hydroxyl groups is 1. The maximum absolute atomic E-state index is 14.1. The van der Waals surface area contributed by atoms with Crippen molar-refractivity contribution in [3.8, 4) is 5.75 Å². The van der Waals surface area contributed by atoms with Crippen LogP contribution in [0.3, 0.4) is 0 Å². The van der Waals surface area contributed by atoms with Gasteiger partial charge in [-0.05, 0) is 39.6 Å². The zero-order valence-corrected chi connectivity index (χ0v) is 22.7. The van der Waals surface area contributed by atoms with Crippen LogP contribution >= 0.6 is 0 Å². The molecule has 0 radical (unpaired) electrons. The molecule has 2 N–H and O–H groups in total. The molecule has 4 aromatic rings. The number of rotatable bonds is 6. The maximum Gasteiger partial charge on any atom is 0.341 e. The summed E-state index contributed by atoms with van der Waals surface area (Å²) in [5.74, 6) is -0.0621. The van der Waals surface area contributed by atoms with Crippen molar-refractivity contribution >= 4 is 28.7 Å². The average Bonchev–Trinajstić information content (AvgIpc) is 3.24. The van der Waals surface area contributed by atoms with Crippen molar-refractivity contribution in [3.05, 3.63) is 114 Å². The van der Waals surface area contributed by atoms with Gasteiger partial charge in [0, 0.05) is 26.6 Å². The summed E-state index contributed by atoms with van der Waals surface area (Å²) in [6.45, 7) is 0.817. The van der Waals surface area contributed by atoms with E-state index in [0.29, 0.717) is 13.1 Å². The van der Waals surface area contributed by atoms with Gasteiger partial charge in [-0.25, -0.2) is 19.6 Å². The lowest BCUT2D eigenvalue weighted by atomic mass is 9.99. The molecule has 0 saturated carbocycles. The normalized spacial score (nSPS) is 18.7. The van der Waals surface area contributed by atoms with Gasteiger partial charge < -0.3 is 15.3 Å². The van der Waals surface area contributed by atoms with Gasteiger partial charge >= 0.3 is 12.1 Å². The highest BCUT2D eigenvalue weighted by atomic mass is 16.3. The van der Waals surface area contributed by atoms with Crippen LogP contribution in [0.5, 0.6) is 5.75 Å². The van der Waals surface area contributed by atoms with Gasteiger partial charge in [0.15, 0.2) is 0 Å². The Bertz CT molecular complexity index is 1590. The smallest absolute Gasteiger partial charge is 0.341 e. The number of piperazine rings is 1. The van der Waals surface area contributed by atoms with Crippen LogP contribution in [0.4, 0.5) is 9.59 Å². The molecule has 208 valence electrons. The zero-order valence-electron chi connectivity index (χ0n) is 22.7. The molecule has 2 unspecified atom stereocenters. The van der Waals surface area contributed by atoms with Gasteiger partial charge in [0.05, 0.1) is 6.54 Å². The molecule has 41 heavy (non-hydrogen) atoms. The highest BCUT2D eigenvalue weighted by Gasteiger charge is 2.54. The van der Waals surface area contributed by atoms with E-state index in [1.54, 1.807) is 36.2 Å². The summed E-state index contributed by atoms with van der Waals surface area (Å²) < 4.78 is 0. The molecule has 6 rings (SSSR count). The van der Waals surface area contributed by atoms with E-state index in [9.17, 15) is 19.5 Å². The maximum atomic E-state index is 14.1. The Morgan fingerprint density at radius 3 is 2.37 bits per heavy atom. The molecule has 9 nitrogen and oxygen atoms in total. The lowest BCUT2D eigenvalue weighted by molar-refractivity contribution is -0.145. The number of benzene rings is 4. The Morgan fingerprint density at radius 2 is 1.59 bits per heavy atom. The van der Waals surface area contributed by atoms with E-state index in [1.807, 2.05) is 72.8 Å². The van der Waals surface area contributed by atoms with Crippen molar-refractivity contribution in [2.24, 2.45) is 0 Å². The third-order valence-corrected chi connectivity index (χ3v) is 7.84.